The lowest BCUT2D eigenvalue weighted by atomic mass is 10.0. The van der Waals surface area contributed by atoms with Crippen molar-refractivity contribution in [1.82, 2.24) is 14.5 Å². The molecule has 0 aliphatic carbocycles. The SMILES string of the molecule is CCC(C(=O)NC(C)(C)C)N(Cc1ccccc1C)C(=O)CN(c1ccc(F)cc1)S(=O)(=O)N(C)C. The van der Waals surface area contributed by atoms with Crippen molar-refractivity contribution in [3.63, 3.8) is 0 Å². The third-order valence-corrected chi connectivity index (χ3v) is 7.44. The van der Waals surface area contributed by atoms with Gasteiger partial charge in [0.15, 0.2) is 0 Å². The molecule has 0 fully saturated rings. The molecule has 198 valence electrons. The fraction of sp³-hybridized carbons (Fsp3) is 0.462. The molecular formula is C26H37FN4O4S. The number of benzene rings is 2. The van der Waals surface area contributed by atoms with E-state index in [2.05, 4.69) is 5.32 Å². The van der Waals surface area contributed by atoms with Gasteiger partial charge < -0.3 is 10.2 Å². The van der Waals surface area contributed by atoms with Crippen LogP contribution in [-0.2, 0) is 26.3 Å². The van der Waals surface area contributed by atoms with Crippen molar-refractivity contribution < 1.29 is 22.4 Å². The normalized spacial score (nSPS) is 12.8. The number of halogens is 1. The van der Waals surface area contributed by atoms with E-state index in [0.29, 0.717) is 6.42 Å². The summed E-state index contributed by atoms with van der Waals surface area (Å²) < 4.78 is 41.8. The van der Waals surface area contributed by atoms with E-state index in [1.54, 1.807) is 6.92 Å². The molecule has 36 heavy (non-hydrogen) atoms. The number of nitrogens with zero attached hydrogens (tertiary/aromatic N) is 3. The van der Waals surface area contributed by atoms with Crippen LogP contribution in [0.25, 0.3) is 0 Å². The minimum absolute atomic E-state index is 0.126. The van der Waals surface area contributed by atoms with Crippen molar-refractivity contribution in [1.29, 1.82) is 0 Å². The molecule has 0 saturated carbocycles. The summed E-state index contributed by atoms with van der Waals surface area (Å²) in [5.74, 6) is -1.40. The molecule has 0 bridgehead atoms. The summed E-state index contributed by atoms with van der Waals surface area (Å²) in [6.45, 7) is 8.84. The quantitative estimate of drug-likeness (QED) is 0.520. The topological polar surface area (TPSA) is 90.0 Å². The van der Waals surface area contributed by atoms with Crippen LogP contribution in [0, 0.1) is 12.7 Å². The zero-order chi connectivity index (χ0) is 27.3. The number of rotatable bonds is 10. The van der Waals surface area contributed by atoms with Crippen LogP contribution in [-0.4, -0.2) is 61.7 Å². The van der Waals surface area contributed by atoms with Crippen LogP contribution in [0.5, 0.6) is 0 Å². The second kappa shape index (κ2) is 11.8. The molecule has 0 saturated heterocycles. The van der Waals surface area contributed by atoms with Gasteiger partial charge in [0.05, 0.1) is 5.69 Å². The van der Waals surface area contributed by atoms with Gasteiger partial charge in [-0.05, 0) is 69.5 Å². The molecule has 0 aliphatic heterocycles. The maximum absolute atomic E-state index is 13.8. The zero-order valence-electron chi connectivity index (χ0n) is 22.1. The number of carbonyl (C=O) groups is 2. The highest BCUT2D eigenvalue weighted by Crippen LogP contribution is 2.22. The second-order valence-corrected chi connectivity index (χ2v) is 12.0. The van der Waals surface area contributed by atoms with Crippen molar-refractivity contribution in [3.8, 4) is 0 Å². The number of anilines is 1. The highest BCUT2D eigenvalue weighted by atomic mass is 32.2. The first-order chi connectivity index (χ1) is 16.7. The lowest BCUT2D eigenvalue weighted by Gasteiger charge is -2.35. The number of hydrogen-bond donors (Lipinski definition) is 1. The highest BCUT2D eigenvalue weighted by molar-refractivity contribution is 7.90. The molecule has 2 aromatic carbocycles. The number of nitrogens with one attached hydrogen (secondary N) is 1. The number of aryl methyl sites for hydroxylation is 1. The molecule has 1 N–H and O–H groups in total. The molecule has 0 heterocycles. The Kier molecular flexibility index (Phi) is 9.62. The summed E-state index contributed by atoms with van der Waals surface area (Å²) in [5.41, 5.74) is 1.41. The molecule has 0 radical (unpaired) electrons. The smallest absolute Gasteiger partial charge is 0.304 e. The monoisotopic (exact) mass is 520 g/mol. The highest BCUT2D eigenvalue weighted by Gasteiger charge is 2.34. The lowest BCUT2D eigenvalue weighted by Crippen LogP contribution is -2.55. The van der Waals surface area contributed by atoms with E-state index in [9.17, 15) is 22.4 Å². The predicted molar refractivity (Wildman–Crippen MR) is 140 cm³/mol. The molecule has 10 heteroatoms. The van der Waals surface area contributed by atoms with Crippen LogP contribution < -0.4 is 9.62 Å². The Morgan fingerprint density at radius 1 is 1.03 bits per heavy atom. The van der Waals surface area contributed by atoms with E-state index in [-0.39, 0.29) is 18.1 Å². The Bertz CT molecular complexity index is 1160. The fourth-order valence-electron chi connectivity index (χ4n) is 3.67. The van der Waals surface area contributed by atoms with E-state index in [1.165, 1.54) is 31.1 Å². The van der Waals surface area contributed by atoms with E-state index in [0.717, 1.165) is 31.9 Å². The molecule has 2 rings (SSSR count). The third kappa shape index (κ3) is 7.51. The molecule has 8 nitrogen and oxygen atoms in total. The van der Waals surface area contributed by atoms with Crippen molar-refractivity contribution in [2.75, 3.05) is 24.9 Å². The van der Waals surface area contributed by atoms with Crippen LogP contribution in [0.15, 0.2) is 48.5 Å². The van der Waals surface area contributed by atoms with Gasteiger partial charge in [-0.3, -0.25) is 9.59 Å². The van der Waals surface area contributed by atoms with Gasteiger partial charge in [-0.1, -0.05) is 31.2 Å². The average molecular weight is 521 g/mol. The molecule has 0 aliphatic rings. The summed E-state index contributed by atoms with van der Waals surface area (Å²) in [6, 6.07) is 11.6. The first-order valence-electron chi connectivity index (χ1n) is 11.8. The predicted octanol–water partition coefficient (Wildman–Crippen LogP) is 3.47. The summed E-state index contributed by atoms with van der Waals surface area (Å²) in [4.78, 5) is 28.4. The average Bonchev–Trinajstić information content (AvgIpc) is 2.77. The van der Waals surface area contributed by atoms with Crippen LogP contribution in [0.3, 0.4) is 0 Å². The molecule has 2 aromatic rings. The Morgan fingerprint density at radius 2 is 1.61 bits per heavy atom. The van der Waals surface area contributed by atoms with Gasteiger partial charge in [0.2, 0.25) is 11.8 Å². The summed E-state index contributed by atoms with van der Waals surface area (Å²) in [7, 11) is -1.39. The van der Waals surface area contributed by atoms with E-state index < -0.39 is 40.1 Å². The summed E-state index contributed by atoms with van der Waals surface area (Å²) in [6.07, 6.45) is 0.330. The minimum Gasteiger partial charge on any atom is -0.350 e. The van der Waals surface area contributed by atoms with Gasteiger partial charge in [0.1, 0.15) is 18.4 Å². The van der Waals surface area contributed by atoms with Gasteiger partial charge in [0, 0.05) is 26.2 Å². The standard InChI is InChI=1S/C26H37FN4O4S/c1-8-23(25(33)28-26(3,4)5)30(17-20-12-10-9-11-19(20)2)24(32)18-31(36(34,35)29(6)7)22-15-13-21(27)14-16-22/h9-16,23H,8,17-18H2,1-7H3,(H,28,33). The molecule has 0 aromatic heterocycles. The van der Waals surface area contributed by atoms with Gasteiger partial charge in [0.25, 0.3) is 0 Å². The van der Waals surface area contributed by atoms with E-state index in [4.69, 9.17) is 0 Å². The van der Waals surface area contributed by atoms with Crippen molar-refractivity contribution >= 4 is 27.7 Å². The van der Waals surface area contributed by atoms with Gasteiger partial charge in [-0.2, -0.15) is 12.7 Å². The van der Waals surface area contributed by atoms with Gasteiger partial charge in [-0.15, -0.1) is 0 Å². The first kappa shape index (κ1) is 29.3. The Balaban J connectivity index is 2.53. The van der Waals surface area contributed by atoms with Gasteiger partial charge >= 0.3 is 10.2 Å². The molecule has 1 unspecified atom stereocenters. The summed E-state index contributed by atoms with van der Waals surface area (Å²) in [5, 5.41) is 2.93. The first-order valence-corrected chi connectivity index (χ1v) is 13.2. The molecule has 2 amide bonds. The van der Waals surface area contributed by atoms with Crippen LogP contribution in [0.1, 0.15) is 45.2 Å². The second-order valence-electron chi connectivity index (χ2n) is 9.88. The Labute approximate surface area is 214 Å². The van der Waals surface area contributed by atoms with Gasteiger partial charge in [-0.25, -0.2) is 8.70 Å². The number of amides is 2. The van der Waals surface area contributed by atoms with Crippen molar-refractivity contribution in [2.45, 2.75) is 59.2 Å². The molecule has 0 spiro atoms. The number of carbonyl (C=O) groups excluding carboxylic acids is 2. The van der Waals surface area contributed by atoms with Crippen LogP contribution >= 0.6 is 0 Å². The van der Waals surface area contributed by atoms with E-state index in [1.807, 2.05) is 52.0 Å². The maximum Gasteiger partial charge on any atom is 0.304 e. The maximum atomic E-state index is 13.8. The molecular weight excluding hydrogens is 483 g/mol. The molecule has 1 atom stereocenters. The van der Waals surface area contributed by atoms with Crippen molar-refractivity contribution in [3.05, 3.63) is 65.5 Å². The zero-order valence-corrected chi connectivity index (χ0v) is 22.9. The van der Waals surface area contributed by atoms with E-state index >= 15 is 0 Å². The lowest BCUT2D eigenvalue weighted by molar-refractivity contribution is -0.141. The largest absolute Gasteiger partial charge is 0.350 e. The fourth-order valence-corrected chi connectivity index (χ4v) is 4.72. The van der Waals surface area contributed by atoms with Crippen LogP contribution in [0.2, 0.25) is 0 Å². The number of hydrogen-bond acceptors (Lipinski definition) is 4. The summed E-state index contributed by atoms with van der Waals surface area (Å²) >= 11 is 0. The third-order valence-electron chi connectivity index (χ3n) is 5.62. The Morgan fingerprint density at radius 3 is 2.11 bits per heavy atom. The minimum atomic E-state index is -4.10. The van der Waals surface area contributed by atoms with Crippen molar-refractivity contribution in [2.24, 2.45) is 0 Å². The Hall–Kier alpha value is -2.98. The van der Waals surface area contributed by atoms with Crippen LogP contribution in [0.4, 0.5) is 10.1 Å².